The third kappa shape index (κ3) is 3.20. The monoisotopic (exact) mass is 343 g/mol. The Kier molecular flexibility index (Phi) is 4.43. The van der Waals surface area contributed by atoms with E-state index in [9.17, 15) is 8.42 Å². The van der Waals surface area contributed by atoms with Gasteiger partial charge < -0.3 is 4.40 Å². The maximum Gasteiger partial charge on any atom is 0.241 e. The molecule has 24 heavy (non-hydrogen) atoms. The highest BCUT2D eigenvalue weighted by molar-refractivity contribution is 7.89. The zero-order valence-corrected chi connectivity index (χ0v) is 14.9. The molecule has 1 aromatic carbocycles. The van der Waals surface area contributed by atoms with Crippen LogP contribution in [0.3, 0.4) is 0 Å². The average molecular weight is 343 g/mol. The second-order valence-electron chi connectivity index (χ2n) is 6.05. The number of fused-ring (bicyclic) bond motifs is 1. The van der Waals surface area contributed by atoms with E-state index < -0.39 is 10.0 Å². The summed E-state index contributed by atoms with van der Waals surface area (Å²) in [7, 11) is -3.53. The predicted octanol–water partition coefficient (Wildman–Crippen LogP) is 2.78. The van der Waals surface area contributed by atoms with Crippen LogP contribution in [-0.4, -0.2) is 24.3 Å². The number of imidazole rings is 1. The van der Waals surface area contributed by atoms with Crippen LogP contribution in [0.15, 0.2) is 47.6 Å². The first kappa shape index (κ1) is 16.7. The molecule has 2 heterocycles. The molecule has 0 bridgehead atoms. The Labute approximate surface area is 142 Å². The normalized spacial score (nSPS) is 12.0. The largest absolute Gasteiger partial charge is 0.304 e. The molecule has 126 valence electrons. The number of hydrogen-bond acceptors (Lipinski definition) is 3. The minimum absolute atomic E-state index is 0.309. The summed E-state index contributed by atoms with van der Waals surface area (Å²) >= 11 is 0. The van der Waals surface area contributed by atoms with Crippen molar-refractivity contribution in [2.75, 3.05) is 6.54 Å². The average Bonchev–Trinajstić information content (AvgIpc) is 2.89. The maximum atomic E-state index is 12.6. The summed E-state index contributed by atoms with van der Waals surface area (Å²) in [5, 5.41) is 0. The molecule has 0 atom stereocenters. The third-order valence-corrected chi connectivity index (χ3v) is 5.79. The second-order valence-corrected chi connectivity index (χ2v) is 7.75. The number of hydrogen-bond donors (Lipinski definition) is 1. The number of aryl methyl sites for hydroxylation is 3. The van der Waals surface area contributed by atoms with Crippen molar-refractivity contribution in [1.82, 2.24) is 14.1 Å². The molecule has 0 saturated carbocycles. The Morgan fingerprint density at radius 3 is 2.54 bits per heavy atom. The summed E-state index contributed by atoms with van der Waals surface area (Å²) in [4.78, 5) is 4.74. The molecule has 0 amide bonds. The Morgan fingerprint density at radius 2 is 1.83 bits per heavy atom. The van der Waals surface area contributed by atoms with E-state index in [1.54, 1.807) is 6.20 Å². The molecule has 0 spiro atoms. The van der Waals surface area contributed by atoms with Crippen molar-refractivity contribution in [3.8, 4) is 0 Å². The van der Waals surface area contributed by atoms with E-state index in [0.717, 1.165) is 28.0 Å². The standard InChI is InChI=1S/C18H21N3O2S/c1-13-10-14(2)18(15(3)11-13)24(22,23)20-8-7-17-19-12-16-6-4-5-9-21(16)17/h4-6,9-12,20H,7-8H2,1-3H3. The quantitative estimate of drug-likeness (QED) is 0.775. The maximum absolute atomic E-state index is 12.6. The molecule has 0 aliphatic heterocycles. The molecule has 0 radical (unpaired) electrons. The highest BCUT2D eigenvalue weighted by Gasteiger charge is 2.19. The van der Waals surface area contributed by atoms with Gasteiger partial charge in [-0.05, 0) is 44.0 Å². The van der Waals surface area contributed by atoms with Crippen molar-refractivity contribution in [2.45, 2.75) is 32.1 Å². The van der Waals surface area contributed by atoms with Gasteiger partial charge in [0.15, 0.2) is 0 Å². The molecule has 0 saturated heterocycles. The van der Waals surface area contributed by atoms with Crippen molar-refractivity contribution in [2.24, 2.45) is 0 Å². The van der Waals surface area contributed by atoms with E-state index in [1.807, 2.05) is 61.7 Å². The Hall–Kier alpha value is -2.18. The molecule has 2 aromatic heterocycles. The van der Waals surface area contributed by atoms with Gasteiger partial charge in [-0.1, -0.05) is 23.8 Å². The van der Waals surface area contributed by atoms with Crippen LogP contribution in [0.4, 0.5) is 0 Å². The fourth-order valence-electron chi connectivity index (χ4n) is 3.14. The van der Waals surface area contributed by atoms with Gasteiger partial charge in [-0.25, -0.2) is 18.1 Å². The van der Waals surface area contributed by atoms with Crippen LogP contribution in [0.1, 0.15) is 22.5 Å². The summed E-state index contributed by atoms with van der Waals surface area (Å²) in [6.07, 6.45) is 4.25. The highest BCUT2D eigenvalue weighted by atomic mass is 32.2. The van der Waals surface area contributed by atoms with E-state index >= 15 is 0 Å². The number of nitrogens with one attached hydrogen (secondary N) is 1. The van der Waals surface area contributed by atoms with E-state index in [2.05, 4.69) is 9.71 Å². The van der Waals surface area contributed by atoms with E-state index in [0.29, 0.717) is 17.9 Å². The second kappa shape index (κ2) is 6.37. The minimum Gasteiger partial charge on any atom is -0.304 e. The summed E-state index contributed by atoms with van der Waals surface area (Å²) in [5.41, 5.74) is 3.60. The van der Waals surface area contributed by atoms with Gasteiger partial charge >= 0.3 is 0 Å². The number of nitrogens with zero attached hydrogens (tertiary/aromatic N) is 2. The molecule has 0 unspecified atom stereocenters. The number of aromatic nitrogens is 2. The summed E-state index contributed by atoms with van der Waals surface area (Å²) in [5.74, 6) is 0.839. The lowest BCUT2D eigenvalue weighted by Gasteiger charge is -2.13. The summed E-state index contributed by atoms with van der Waals surface area (Å²) < 4.78 is 29.9. The van der Waals surface area contributed by atoms with Gasteiger partial charge in [-0.15, -0.1) is 0 Å². The van der Waals surface area contributed by atoms with Crippen molar-refractivity contribution < 1.29 is 8.42 Å². The Morgan fingerprint density at radius 1 is 1.12 bits per heavy atom. The first-order valence-corrected chi connectivity index (χ1v) is 9.35. The molecule has 0 fully saturated rings. The minimum atomic E-state index is -3.53. The van der Waals surface area contributed by atoms with Gasteiger partial charge in [-0.3, -0.25) is 0 Å². The first-order chi connectivity index (χ1) is 11.4. The molecule has 6 heteroatoms. The molecule has 0 aliphatic rings. The van der Waals surface area contributed by atoms with E-state index in [-0.39, 0.29) is 0 Å². The Bertz CT molecular complexity index is 967. The van der Waals surface area contributed by atoms with Gasteiger partial charge in [0.2, 0.25) is 10.0 Å². The molecule has 0 aliphatic carbocycles. The van der Waals surface area contributed by atoms with Gasteiger partial charge in [0, 0.05) is 19.2 Å². The van der Waals surface area contributed by atoms with Crippen LogP contribution < -0.4 is 4.72 Å². The zero-order valence-electron chi connectivity index (χ0n) is 14.1. The zero-order chi connectivity index (χ0) is 17.3. The van der Waals surface area contributed by atoms with Crippen LogP contribution in [0.5, 0.6) is 0 Å². The van der Waals surface area contributed by atoms with Gasteiger partial charge in [0.1, 0.15) is 5.82 Å². The molecular weight excluding hydrogens is 322 g/mol. The van der Waals surface area contributed by atoms with Crippen molar-refractivity contribution >= 4 is 15.5 Å². The molecule has 5 nitrogen and oxygen atoms in total. The van der Waals surface area contributed by atoms with Crippen molar-refractivity contribution in [1.29, 1.82) is 0 Å². The third-order valence-electron chi connectivity index (χ3n) is 4.03. The lowest BCUT2D eigenvalue weighted by atomic mass is 10.1. The van der Waals surface area contributed by atoms with Gasteiger partial charge in [-0.2, -0.15) is 0 Å². The predicted molar refractivity (Wildman–Crippen MR) is 94.7 cm³/mol. The molecule has 3 aromatic rings. The van der Waals surface area contributed by atoms with Gasteiger partial charge in [0.05, 0.1) is 16.6 Å². The van der Waals surface area contributed by atoms with Crippen LogP contribution in [0, 0.1) is 20.8 Å². The van der Waals surface area contributed by atoms with E-state index in [4.69, 9.17) is 0 Å². The number of benzene rings is 1. The summed E-state index contributed by atoms with van der Waals surface area (Å²) in [6.45, 7) is 5.93. The summed E-state index contributed by atoms with van der Waals surface area (Å²) in [6, 6.07) is 9.64. The molecular formula is C18H21N3O2S. The topological polar surface area (TPSA) is 63.5 Å². The molecule has 1 N–H and O–H groups in total. The van der Waals surface area contributed by atoms with Crippen LogP contribution in [-0.2, 0) is 16.4 Å². The SMILES string of the molecule is Cc1cc(C)c(S(=O)(=O)NCCc2ncc3ccccn23)c(C)c1. The lowest BCUT2D eigenvalue weighted by Crippen LogP contribution is -2.27. The fourth-order valence-corrected chi connectivity index (χ4v) is 4.63. The smallest absolute Gasteiger partial charge is 0.241 e. The van der Waals surface area contributed by atoms with Crippen LogP contribution in [0.25, 0.3) is 5.52 Å². The molecule has 3 rings (SSSR count). The number of sulfonamides is 1. The van der Waals surface area contributed by atoms with E-state index in [1.165, 1.54) is 0 Å². The number of pyridine rings is 1. The highest BCUT2D eigenvalue weighted by Crippen LogP contribution is 2.21. The Balaban J connectivity index is 1.77. The fraction of sp³-hybridized carbons (Fsp3) is 0.278. The van der Waals surface area contributed by atoms with Crippen LogP contribution in [0.2, 0.25) is 0 Å². The first-order valence-electron chi connectivity index (χ1n) is 7.87. The van der Waals surface area contributed by atoms with Gasteiger partial charge in [0.25, 0.3) is 0 Å². The number of rotatable bonds is 5. The van der Waals surface area contributed by atoms with Crippen LogP contribution >= 0.6 is 0 Å². The lowest BCUT2D eigenvalue weighted by molar-refractivity contribution is 0.579. The van der Waals surface area contributed by atoms with Crippen molar-refractivity contribution in [3.05, 3.63) is 65.2 Å². The van der Waals surface area contributed by atoms with Crippen molar-refractivity contribution in [3.63, 3.8) is 0 Å².